The molecule has 2 N–H and O–H groups in total. The van der Waals surface area contributed by atoms with Crippen LogP contribution in [-0.2, 0) is 0 Å². The smallest absolute Gasteiger partial charge is 0.0126 e. The molecule has 3 heteroatoms. The van der Waals surface area contributed by atoms with Gasteiger partial charge in [-0.25, -0.2) is 0 Å². The molecule has 3 atom stereocenters. The highest BCUT2D eigenvalue weighted by Crippen LogP contribution is 2.31. The van der Waals surface area contributed by atoms with E-state index < -0.39 is 0 Å². The van der Waals surface area contributed by atoms with Crippen LogP contribution in [0.4, 0.5) is 0 Å². The maximum Gasteiger partial charge on any atom is 0.0126 e. The first kappa shape index (κ1) is 16.3. The number of hydrogen-bond donors (Lipinski definition) is 1. The number of rotatable bonds is 3. The second-order valence-corrected chi connectivity index (χ2v) is 7.97. The van der Waals surface area contributed by atoms with Crippen LogP contribution in [0.3, 0.4) is 0 Å². The van der Waals surface area contributed by atoms with Crippen LogP contribution in [0.25, 0.3) is 0 Å². The van der Waals surface area contributed by atoms with Gasteiger partial charge in [0.2, 0.25) is 0 Å². The second kappa shape index (κ2) is 6.76. The van der Waals surface area contributed by atoms with Crippen LogP contribution in [0.1, 0.15) is 53.4 Å². The van der Waals surface area contributed by atoms with Gasteiger partial charge in [0.25, 0.3) is 0 Å². The van der Waals surface area contributed by atoms with Crippen molar-refractivity contribution in [2.45, 2.75) is 65.0 Å². The fourth-order valence-corrected chi connectivity index (χ4v) is 3.90. The fraction of sp³-hybridized carbons (Fsp3) is 1.00. The minimum atomic E-state index is 0.320. The lowest BCUT2D eigenvalue weighted by Gasteiger charge is -2.44. The monoisotopic (exact) mass is 281 g/mol. The minimum absolute atomic E-state index is 0.320. The van der Waals surface area contributed by atoms with Gasteiger partial charge in [-0.3, -0.25) is 4.90 Å². The Hall–Kier alpha value is -0.120. The number of piperazine rings is 1. The Morgan fingerprint density at radius 2 is 1.70 bits per heavy atom. The largest absolute Gasteiger partial charge is 0.327 e. The zero-order chi connectivity index (χ0) is 14.8. The van der Waals surface area contributed by atoms with Gasteiger partial charge in [-0.05, 0) is 51.9 Å². The van der Waals surface area contributed by atoms with Crippen molar-refractivity contribution >= 4 is 0 Å². The molecule has 3 nitrogen and oxygen atoms in total. The van der Waals surface area contributed by atoms with Gasteiger partial charge < -0.3 is 10.6 Å². The molecule has 1 saturated carbocycles. The third kappa shape index (κ3) is 4.19. The van der Waals surface area contributed by atoms with Gasteiger partial charge in [0.15, 0.2) is 0 Å². The number of nitrogens with zero attached hydrogens (tertiary/aromatic N) is 2. The zero-order valence-corrected chi connectivity index (χ0v) is 14.1. The summed E-state index contributed by atoms with van der Waals surface area (Å²) in [7, 11) is 0. The highest BCUT2D eigenvalue weighted by atomic mass is 15.3. The highest BCUT2D eigenvalue weighted by molar-refractivity contribution is 4.87. The second-order valence-electron chi connectivity index (χ2n) is 7.97. The van der Waals surface area contributed by atoms with Gasteiger partial charge in [0.05, 0.1) is 0 Å². The molecule has 1 saturated heterocycles. The molecule has 0 aromatic heterocycles. The van der Waals surface area contributed by atoms with Crippen LogP contribution >= 0.6 is 0 Å². The molecule has 2 rings (SSSR count). The van der Waals surface area contributed by atoms with E-state index in [-0.39, 0.29) is 0 Å². The lowest BCUT2D eigenvalue weighted by Crippen LogP contribution is -2.55. The molecule has 0 aromatic rings. The van der Waals surface area contributed by atoms with Crippen molar-refractivity contribution in [3.63, 3.8) is 0 Å². The van der Waals surface area contributed by atoms with Crippen molar-refractivity contribution in [2.75, 3.05) is 32.7 Å². The summed E-state index contributed by atoms with van der Waals surface area (Å²) in [6.07, 6.45) is 5.29. The Balaban J connectivity index is 1.80. The average Bonchev–Trinajstić information content (AvgIpc) is 2.41. The lowest BCUT2D eigenvalue weighted by molar-refractivity contribution is 0.0467. The van der Waals surface area contributed by atoms with Crippen molar-refractivity contribution in [1.29, 1.82) is 0 Å². The molecule has 2 fully saturated rings. The molecule has 2 aliphatic rings. The van der Waals surface area contributed by atoms with E-state index in [1.54, 1.807) is 0 Å². The van der Waals surface area contributed by atoms with E-state index in [1.165, 1.54) is 58.4 Å². The summed E-state index contributed by atoms with van der Waals surface area (Å²) in [4.78, 5) is 5.27. The van der Waals surface area contributed by atoms with Crippen LogP contribution < -0.4 is 5.73 Å². The maximum atomic E-state index is 6.37. The van der Waals surface area contributed by atoms with E-state index in [0.717, 1.165) is 11.8 Å². The fourth-order valence-electron chi connectivity index (χ4n) is 3.90. The molecule has 1 aliphatic heterocycles. The summed E-state index contributed by atoms with van der Waals surface area (Å²) in [6, 6.07) is 0.443. The molecule has 3 unspecified atom stereocenters. The van der Waals surface area contributed by atoms with Crippen LogP contribution in [0, 0.1) is 11.8 Å². The summed E-state index contributed by atoms with van der Waals surface area (Å²) >= 11 is 0. The maximum absolute atomic E-state index is 6.37. The molecule has 0 spiro atoms. The summed E-state index contributed by atoms with van der Waals surface area (Å²) < 4.78 is 0. The molecular weight excluding hydrogens is 246 g/mol. The van der Waals surface area contributed by atoms with Crippen molar-refractivity contribution in [2.24, 2.45) is 17.6 Å². The summed E-state index contributed by atoms with van der Waals surface area (Å²) in [6.45, 7) is 15.4. The Labute approximate surface area is 125 Å². The first-order chi connectivity index (χ1) is 9.40. The molecule has 1 heterocycles. The molecule has 0 radical (unpaired) electrons. The summed E-state index contributed by atoms with van der Waals surface area (Å²) in [5.41, 5.74) is 6.69. The highest BCUT2D eigenvalue weighted by Gasteiger charge is 2.31. The predicted octanol–water partition coefficient (Wildman–Crippen LogP) is 2.56. The first-order valence-electron chi connectivity index (χ1n) is 8.63. The summed E-state index contributed by atoms with van der Waals surface area (Å²) in [5.74, 6) is 1.66. The molecule has 20 heavy (non-hydrogen) atoms. The Kier molecular flexibility index (Phi) is 5.49. The van der Waals surface area contributed by atoms with E-state index >= 15 is 0 Å². The quantitative estimate of drug-likeness (QED) is 0.863. The van der Waals surface area contributed by atoms with Gasteiger partial charge in [0, 0.05) is 44.3 Å². The molecular formula is C17H35N3. The minimum Gasteiger partial charge on any atom is -0.327 e. The number of hydrogen-bond acceptors (Lipinski definition) is 3. The van der Waals surface area contributed by atoms with Crippen molar-refractivity contribution in [3.8, 4) is 0 Å². The lowest BCUT2D eigenvalue weighted by atomic mass is 9.77. The van der Waals surface area contributed by atoms with Crippen molar-refractivity contribution in [3.05, 3.63) is 0 Å². The molecule has 1 aliphatic carbocycles. The molecule has 0 amide bonds. The molecule has 0 bridgehead atoms. The van der Waals surface area contributed by atoms with E-state index in [0.29, 0.717) is 11.6 Å². The first-order valence-corrected chi connectivity index (χ1v) is 8.63. The van der Waals surface area contributed by atoms with E-state index in [1.807, 2.05) is 0 Å². The SMILES string of the molecule is CCC1CCC(N)C(CN2CCN(C(C)(C)C)CC2)C1. The van der Waals surface area contributed by atoms with Crippen molar-refractivity contribution in [1.82, 2.24) is 9.80 Å². The van der Waals surface area contributed by atoms with Gasteiger partial charge in [-0.15, -0.1) is 0 Å². The normalized spacial score (nSPS) is 34.4. The topological polar surface area (TPSA) is 32.5 Å². The molecule has 0 aromatic carbocycles. The number of nitrogens with two attached hydrogens (primary N) is 1. The third-order valence-electron chi connectivity index (χ3n) is 5.54. The Bertz CT molecular complexity index is 289. The standard InChI is InChI=1S/C17H35N3/c1-5-14-6-7-16(18)15(12-14)13-19-8-10-20(11-9-19)17(2,3)4/h14-16H,5-13,18H2,1-4H3. The van der Waals surface area contributed by atoms with Crippen LogP contribution in [-0.4, -0.2) is 54.1 Å². The van der Waals surface area contributed by atoms with E-state index in [2.05, 4.69) is 37.5 Å². The average molecular weight is 281 g/mol. The Morgan fingerprint density at radius 3 is 2.25 bits per heavy atom. The van der Waals surface area contributed by atoms with Gasteiger partial charge in [-0.2, -0.15) is 0 Å². The van der Waals surface area contributed by atoms with Gasteiger partial charge in [0.1, 0.15) is 0 Å². The van der Waals surface area contributed by atoms with E-state index in [4.69, 9.17) is 5.73 Å². The zero-order valence-electron chi connectivity index (χ0n) is 14.1. The summed E-state index contributed by atoms with van der Waals surface area (Å²) in [5, 5.41) is 0. The third-order valence-corrected chi connectivity index (χ3v) is 5.54. The molecule has 118 valence electrons. The Morgan fingerprint density at radius 1 is 1.05 bits per heavy atom. The van der Waals surface area contributed by atoms with Crippen LogP contribution in [0.5, 0.6) is 0 Å². The predicted molar refractivity (Wildman–Crippen MR) is 86.9 cm³/mol. The van der Waals surface area contributed by atoms with Gasteiger partial charge >= 0.3 is 0 Å². The van der Waals surface area contributed by atoms with Crippen LogP contribution in [0.2, 0.25) is 0 Å². The van der Waals surface area contributed by atoms with Gasteiger partial charge in [-0.1, -0.05) is 13.3 Å². The van der Waals surface area contributed by atoms with E-state index in [9.17, 15) is 0 Å². The van der Waals surface area contributed by atoms with Crippen molar-refractivity contribution < 1.29 is 0 Å². The van der Waals surface area contributed by atoms with Crippen LogP contribution in [0.15, 0.2) is 0 Å².